The molecular weight excluding hydrogens is 287 g/mol. The summed E-state index contributed by atoms with van der Waals surface area (Å²) >= 11 is 0. The Morgan fingerprint density at radius 2 is 1.64 bits per heavy atom. The summed E-state index contributed by atoms with van der Waals surface area (Å²) in [6, 6.07) is 15.0. The quantitative estimate of drug-likeness (QED) is 0.828. The standard InChI is InChI=1S/C18H18F3N/c1-13(14(2)22-12-15-6-4-3-5-7-15)16-8-10-17(11-9-16)18(19,20)21/h3-11,14,22H,1,12H2,2H3/t14-/m1/s1. The van der Waals surface area contributed by atoms with Gasteiger partial charge in [-0.15, -0.1) is 0 Å². The largest absolute Gasteiger partial charge is 0.416 e. The van der Waals surface area contributed by atoms with Gasteiger partial charge >= 0.3 is 6.18 Å². The van der Waals surface area contributed by atoms with Crippen LogP contribution in [0, 0.1) is 0 Å². The van der Waals surface area contributed by atoms with Gasteiger partial charge in [0.1, 0.15) is 0 Å². The van der Waals surface area contributed by atoms with Crippen LogP contribution in [0.2, 0.25) is 0 Å². The molecule has 1 N–H and O–H groups in total. The van der Waals surface area contributed by atoms with Crippen molar-refractivity contribution in [1.82, 2.24) is 5.32 Å². The van der Waals surface area contributed by atoms with Gasteiger partial charge in [0.25, 0.3) is 0 Å². The second kappa shape index (κ2) is 6.79. The Morgan fingerprint density at radius 3 is 2.18 bits per heavy atom. The van der Waals surface area contributed by atoms with Crippen LogP contribution >= 0.6 is 0 Å². The summed E-state index contributed by atoms with van der Waals surface area (Å²) in [5.41, 5.74) is 1.98. The minimum absolute atomic E-state index is 0.0306. The van der Waals surface area contributed by atoms with Crippen molar-refractivity contribution in [2.75, 3.05) is 0 Å². The Morgan fingerprint density at radius 1 is 1.05 bits per heavy atom. The maximum absolute atomic E-state index is 12.6. The van der Waals surface area contributed by atoms with Crippen molar-refractivity contribution in [3.8, 4) is 0 Å². The molecule has 116 valence electrons. The third-order valence-electron chi connectivity index (χ3n) is 3.56. The second-order valence-electron chi connectivity index (χ2n) is 5.19. The lowest BCUT2D eigenvalue weighted by molar-refractivity contribution is -0.137. The van der Waals surface area contributed by atoms with Gasteiger partial charge in [0, 0.05) is 12.6 Å². The van der Waals surface area contributed by atoms with E-state index < -0.39 is 11.7 Å². The SMILES string of the molecule is C=C(c1ccc(C(F)(F)F)cc1)[C@@H](C)NCc1ccccc1. The molecule has 0 aliphatic rings. The van der Waals surface area contributed by atoms with Crippen molar-refractivity contribution in [1.29, 1.82) is 0 Å². The lowest BCUT2D eigenvalue weighted by Crippen LogP contribution is -2.26. The molecule has 2 aromatic rings. The molecule has 0 heterocycles. The van der Waals surface area contributed by atoms with Crippen LogP contribution in [0.5, 0.6) is 0 Å². The molecule has 0 saturated heterocycles. The van der Waals surface area contributed by atoms with Gasteiger partial charge in [-0.25, -0.2) is 0 Å². The number of alkyl halides is 3. The summed E-state index contributed by atoms with van der Waals surface area (Å²) < 4.78 is 37.7. The molecule has 0 unspecified atom stereocenters. The molecule has 4 heteroatoms. The van der Waals surface area contributed by atoms with Gasteiger partial charge < -0.3 is 5.32 Å². The van der Waals surface area contributed by atoms with Gasteiger partial charge in [-0.3, -0.25) is 0 Å². The lowest BCUT2D eigenvalue weighted by atomic mass is 9.99. The van der Waals surface area contributed by atoms with E-state index in [0.717, 1.165) is 23.3 Å². The highest BCUT2D eigenvalue weighted by Gasteiger charge is 2.30. The smallest absolute Gasteiger partial charge is 0.306 e. The lowest BCUT2D eigenvalue weighted by Gasteiger charge is -2.17. The minimum atomic E-state index is -4.31. The number of halogens is 3. The zero-order valence-electron chi connectivity index (χ0n) is 12.3. The summed E-state index contributed by atoms with van der Waals surface area (Å²) in [4.78, 5) is 0. The van der Waals surface area contributed by atoms with Crippen molar-refractivity contribution >= 4 is 5.57 Å². The normalized spacial score (nSPS) is 12.9. The fourth-order valence-electron chi connectivity index (χ4n) is 2.11. The average molecular weight is 305 g/mol. The van der Waals surface area contributed by atoms with Crippen LogP contribution in [-0.4, -0.2) is 6.04 Å². The van der Waals surface area contributed by atoms with Crippen LogP contribution < -0.4 is 5.32 Å². The highest BCUT2D eigenvalue weighted by atomic mass is 19.4. The molecule has 0 fully saturated rings. The van der Waals surface area contributed by atoms with E-state index >= 15 is 0 Å². The van der Waals surface area contributed by atoms with E-state index in [9.17, 15) is 13.2 Å². The van der Waals surface area contributed by atoms with Gasteiger partial charge in [0.05, 0.1) is 5.56 Å². The maximum atomic E-state index is 12.6. The molecule has 0 saturated carbocycles. The topological polar surface area (TPSA) is 12.0 Å². The van der Waals surface area contributed by atoms with Gasteiger partial charge in [-0.2, -0.15) is 13.2 Å². The maximum Gasteiger partial charge on any atom is 0.416 e. The molecule has 22 heavy (non-hydrogen) atoms. The molecule has 1 atom stereocenters. The molecule has 0 radical (unpaired) electrons. The molecule has 0 bridgehead atoms. The van der Waals surface area contributed by atoms with E-state index in [2.05, 4.69) is 11.9 Å². The first-order chi connectivity index (χ1) is 10.4. The average Bonchev–Trinajstić information content (AvgIpc) is 2.52. The van der Waals surface area contributed by atoms with Crippen molar-refractivity contribution in [3.05, 3.63) is 77.9 Å². The van der Waals surface area contributed by atoms with E-state index in [4.69, 9.17) is 0 Å². The van der Waals surface area contributed by atoms with Gasteiger partial charge in [-0.1, -0.05) is 49.0 Å². The van der Waals surface area contributed by atoms with Crippen LogP contribution in [0.4, 0.5) is 13.2 Å². The zero-order valence-corrected chi connectivity index (χ0v) is 12.3. The first kappa shape index (κ1) is 16.3. The van der Waals surface area contributed by atoms with Crippen LogP contribution in [-0.2, 0) is 12.7 Å². The van der Waals surface area contributed by atoms with E-state index in [1.165, 1.54) is 12.1 Å². The van der Waals surface area contributed by atoms with Crippen LogP contribution in [0.1, 0.15) is 23.6 Å². The summed E-state index contributed by atoms with van der Waals surface area (Å²) in [5.74, 6) is 0. The van der Waals surface area contributed by atoms with Gasteiger partial charge in [-0.05, 0) is 35.8 Å². The predicted molar refractivity (Wildman–Crippen MR) is 83.2 cm³/mol. The first-order valence-corrected chi connectivity index (χ1v) is 7.01. The number of hydrogen-bond donors (Lipinski definition) is 1. The highest BCUT2D eigenvalue weighted by molar-refractivity contribution is 5.67. The Bertz CT molecular complexity index is 615. The van der Waals surface area contributed by atoms with Gasteiger partial charge in [0.2, 0.25) is 0 Å². The van der Waals surface area contributed by atoms with E-state index in [0.29, 0.717) is 12.1 Å². The third kappa shape index (κ3) is 4.21. The van der Waals surface area contributed by atoms with Crippen LogP contribution in [0.25, 0.3) is 5.57 Å². The third-order valence-corrected chi connectivity index (χ3v) is 3.56. The predicted octanol–water partition coefficient (Wildman–Crippen LogP) is 4.90. The fraction of sp³-hybridized carbons (Fsp3) is 0.222. The number of hydrogen-bond acceptors (Lipinski definition) is 1. The van der Waals surface area contributed by atoms with E-state index in [1.54, 1.807) is 0 Å². The molecule has 2 aromatic carbocycles. The highest BCUT2D eigenvalue weighted by Crippen LogP contribution is 2.30. The second-order valence-corrected chi connectivity index (χ2v) is 5.19. The Balaban J connectivity index is 1.98. The number of benzene rings is 2. The summed E-state index contributed by atoms with van der Waals surface area (Å²) in [6.45, 7) is 6.61. The van der Waals surface area contributed by atoms with Crippen molar-refractivity contribution < 1.29 is 13.2 Å². The molecule has 0 aliphatic heterocycles. The van der Waals surface area contributed by atoms with Crippen LogP contribution in [0.3, 0.4) is 0 Å². The first-order valence-electron chi connectivity index (χ1n) is 7.01. The summed E-state index contributed by atoms with van der Waals surface area (Å²) in [7, 11) is 0. The van der Waals surface area contributed by atoms with Crippen molar-refractivity contribution in [2.45, 2.75) is 25.7 Å². The van der Waals surface area contributed by atoms with E-state index in [-0.39, 0.29) is 6.04 Å². The fourth-order valence-corrected chi connectivity index (χ4v) is 2.11. The molecular formula is C18H18F3N. The van der Waals surface area contributed by atoms with Crippen molar-refractivity contribution in [3.63, 3.8) is 0 Å². The molecule has 0 amide bonds. The zero-order chi connectivity index (χ0) is 16.2. The monoisotopic (exact) mass is 305 g/mol. The van der Waals surface area contributed by atoms with E-state index in [1.807, 2.05) is 37.3 Å². The number of nitrogens with one attached hydrogen (secondary N) is 1. The summed E-state index contributed by atoms with van der Waals surface area (Å²) in [6.07, 6.45) is -4.31. The minimum Gasteiger partial charge on any atom is -0.306 e. The molecule has 2 rings (SSSR count). The molecule has 0 aliphatic carbocycles. The van der Waals surface area contributed by atoms with Crippen molar-refractivity contribution in [2.24, 2.45) is 0 Å². The Hall–Kier alpha value is -2.07. The Labute approximate surface area is 128 Å². The number of rotatable bonds is 5. The Kier molecular flexibility index (Phi) is 5.03. The van der Waals surface area contributed by atoms with Gasteiger partial charge in [0.15, 0.2) is 0 Å². The van der Waals surface area contributed by atoms with Crippen LogP contribution in [0.15, 0.2) is 61.2 Å². The molecule has 0 aromatic heterocycles. The summed E-state index contributed by atoms with van der Waals surface area (Å²) in [5, 5.41) is 3.32. The molecule has 1 nitrogen and oxygen atoms in total. The molecule has 0 spiro atoms.